The van der Waals surface area contributed by atoms with E-state index in [1.807, 2.05) is 17.5 Å². The Balaban J connectivity index is 1.75. The Morgan fingerprint density at radius 1 is 1.29 bits per heavy atom. The third-order valence-corrected chi connectivity index (χ3v) is 4.39. The van der Waals surface area contributed by atoms with Crippen molar-refractivity contribution in [1.82, 2.24) is 5.32 Å². The first-order chi connectivity index (χ1) is 10.3. The third kappa shape index (κ3) is 3.03. The van der Waals surface area contributed by atoms with Gasteiger partial charge in [-0.15, -0.1) is 11.3 Å². The van der Waals surface area contributed by atoms with Gasteiger partial charge in [-0.3, -0.25) is 4.79 Å². The number of rotatable bonds is 4. The van der Waals surface area contributed by atoms with Crippen molar-refractivity contribution in [1.29, 1.82) is 0 Å². The maximum atomic E-state index is 12.4. The number of nitrogens with one attached hydrogen (secondary N) is 1. The van der Waals surface area contributed by atoms with E-state index in [1.54, 1.807) is 29.5 Å². The average Bonchev–Trinajstić information content (AvgIpc) is 3.06. The number of ether oxygens (including phenoxy) is 2. The lowest BCUT2D eigenvalue weighted by Crippen LogP contribution is -2.27. The molecule has 1 amide bonds. The molecule has 0 saturated carbocycles. The molecule has 110 valence electrons. The molecule has 5 heteroatoms. The number of hydrogen-bond donors (Lipinski definition) is 1. The third-order valence-electron chi connectivity index (χ3n) is 3.40. The van der Waals surface area contributed by atoms with Crippen molar-refractivity contribution >= 4 is 17.2 Å². The Morgan fingerprint density at radius 3 is 2.81 bits per heavy atom. The first kappa shape index (κ1) is 13.9. The molecular formula is C16H17NO3S. The van der Waals surface area contributed by atoms with E-state index in [-0.39, 0.29) is 11.9 Å². The van der Waals surface area contributed by atoms with Crippen molar-refractivity contribution in [2.75, 3.05) is 13.2 Å². The van der Waals surface area contributed by atoms with Gasteiger partial charge < -0.3 is 14.8 Å². The summed E-state index contributed by atoms with van der Waals surface area (Å²) >= 11 is 1.66. The number of amides is 1. The van der Waals surface area contributed by atoms with Gasteiger partial charge in [-0.05, 0) is 36.1 Å². The van der Waals surface area contributed by atoms with Crippen LogP contribution in [0.25, 0.3) is 0 Å². The second-order valence-electron chi connectivity index (χ2n) is 4.81. The molecule has 0 fully saturated rings. The van der Waals surface area contributed by atoms with Crippen LogP contribution < -0.4 is 14.8 Å². The summed E-state index contributed by atoms with van der Waals surface area (Å²) in [6, 6.07) is 9.39. The van der Waals surface area contributed by atoms with Gasteiger partial charge >= 0.3 is 0 Å². The highest BCUT2D eigenvalue weighted by molar-refractivity contribution is 7.10. The van der Waals surface area contributed by atoms with Crippen LogP contribution in [0.15, 0.2) is 35.7 Å². The summed E-state index contributed by atoms with van der Waals surface area (Å²) in [6.07, 6.45) is 0.858. The smallest absolute Gasteiger partial charge is 0.251 e. The van der Waals surface area contributed by atoms with Crippen molar-refractivity contribution in [3.8, 4) is 11.5 Å². The van der Waals surface area contributed by atoms with Crippen LogP contribution in [0.4, 0.5) is 0 Å². The predicted molar refractivity (Wildman–Crippen MR) is 82.2 cm³/mol. The van der Waals surface area contributed by atoms with Crippen LogP contribution in [-0.2, 0) is 0 Å². The van der Waals surface area contributed by atoms with Crippen molar-refractivity contribution in [2.45, 2.75) is 19.4 Å². The van der Waals surface area contributed by atoms with E-state index in [0.29, 0.717) is 30.3 Å². The van der Waals surface area contributed by atoms with Crippen LogP contribution in [0.2, 0.25) is 0 Å². The molecule has 0 saturated heterocycles. The van der Waals surface area contributed by atoms with Crippen LogP contribution in [0, 0.1) is 0 Å². The molecular weight excluding hydrogens is 286 g/mol. The summed E-state index contributed by atoms with van der Waals surface area (Å²) in [5, 5.41) is 5.09. The molecule has 21 heavy (non-hydrogen) atoms. The van der Waals surface area contributed by atoms with Gasteiger partial charge in [-0.25, -0.2) is 0 Å². The molecule has 1 aromatic heterocycles. The van der Waals surface area contributed by atoms with Crippen molar-refractivity contribution in [2.24, 2.45) is 0 Å². The molecule has 1 N–H and O–H groups in total. The number of thiophene rings is 1. The van der Waals surface area contributed by atoms with Crippen LogP contribution in [0.5, 0.6) is 11.5 Å². The van der Waals surface area contributed by atoms with Gasteiger partial charge in [0, 0.05) is 10.4 Å². The second-order valence-corrected chi connectivity index (χ2v) is 5.79. The standard InChI is InChI=1S/C16H17NO3S/c1-2-12(15-4-3-9-21-15)17-16(18)11-5-6-13-14(10-11)20-8-7-19-13/h3-6,9-10,12H,2,7-8H2,1H3,(H,17,18). The summed E-state index contributed by atoms with van der Waals surface area (Å²) in [4.78, 5) is 13.6. The van der Waals surface area contributed by atoms with Crippen LogP contribution in [-0.4, -0.2) is 19.1 Å². The Hall–Kier alpha value is -2.01. The van der Waals surface area contributed by atoms with Gasteiger partial charge in [0.15, 0.2) is 11.5 Å². The topological polar surface area (TPSA) is 47.6 Å². The summed E-state index contributed by atoms with van der Waals surface area (Å²) in [6.45, 7) is 3.13. The van der Waals surface area contributed by atoms with E-state index in [4.69, 9.17) is 9.47 Å². The highest BCUT2D eigenvalue weighted by atomic mass is 32.1. The maximum Gasteiger partial charge on any atom is 0.251 e. The fourth-order valence-electron chi connectivity index (χ4n) is 2.29. The Morgan fingerprint density at radius 2 is 2.10 bits per heavy atom. The van der Waals surface area contributed by atoms with E-state index >= 15 is 0 Å². The molecule has 2 aromatic rings. The van der Waals surface area contributed by atoms with Gasteiger partial charge in [0.2, 0.25) is 0 Å². The minimum Gasteiger partial charge on any atom is -0.486 e. The van der Waals surface area contributed by atoms with Gasteiger partial charge in [0.05, 0.1) is 6.04 Å². The van der Waals surface area contributed by atoms with Crippen molar-refractivity contribution in [3.05, 3.63) is 46.2 Å². The zero-order valence-corrected chi connectivity index (χ0v) is 12.6. The van der Waals surface area contributed by atoms with Gasteiger partial charge in [0.1, 0.15) is 13.2 Å². The molecule has 1 unspecified atom stereocenters. The molecule has 3 rings (SSSR count). The SMILES string of the molecule is CCC(NC(=O)c1ccc2c(c1)OCCO2)c1cccs1. The largest absolute Gasteiger partial charge is 0.486 e. The number of fused-ring (bicyclic) bond motifs is 1. The molecule has 4 nitrogen and oxygen atoms in total. The quantitative estimate of drug-likeness (QED) is 0.941. The minimum atomic E-state index is -0.0905. The fourth-order valence-corrected chi connectivity index (χ4v) is 3.15. The summed E-state index contributed by atoms with van der Waals surface area (Å²) in [7, 11) is 0. The molecule has 0 radical (unpaired) electrons. The monoisotopic (exact) mass is 303 g/mol. The van der Waals surface area contributed by atoms with E-state index in [9.17, 15) is 4.79 Å². The normalized spacial score (nSPS) is 14.5. The van der Waals surface area contributed by atoms with E-state index < -0.39 is 0 Å². The number of hydrogen-bond acceptors (Lipinski definition) is 4. The zero-order chi connectivity index (χ0) is 14.7. The van der Waals surface area contributed by atoms with Crippen LogP contribution >= 0.6 is 11.3 Å². The van der Waals surface area contributed by atoms with Crippen molar-refractivity contribution in [3.63, 3.8) is 0 Å². The van der Waals surface area contributed by atoms with Crippen molar-refractivity contribution < 1.29 is 14.3 Å². The molecule has 1 aromatic carbocycles. The molecule has 0 spiro atoms. The molecule has 1 atom stereocenters. The maximum absolute atomic E-state index is 12.4. The Kier molecular flexibility index (Phi) is 4.10. The fraction of sp³-hybridized carbons (Fsp3) is 0.312. The average molecular weight is 303 g/mol. The number of carbonyl (C=O) groups excluding carboxylic acids is 1. The summed E-state index contributed by atoms with van der Waals surface area (Å²) in [5.74, 6) is 1.24. The first-order valence-electron chi connectivity index (χ1n) is 7.02. The number of benzene rings is 1. The highest BCUT2D eigenvalue weighted by Crippen LogP contribution is 2.31. The number of carbonyl (C=O) groups is 1. The van der Waals surface area contributed by atoms with Gasteiger partial charge in [-0.1, -0.05) is 13.0 Å². The second kappa shape index (κ2) is 6.18. The Labute approximate surface area is 127 Å². The van der Waals surface area contributed by atoms with Crippen LogP contribution in [0.3, 0.4) is 0 Å². The lowest BCUT2D eigenvalue weighted by atomic mass is 10.1. The van der Waals surface area contributed by atoms with Gasteiger partial charge in [0.25, 0.3) is 5.91 Å². The lowest BCUT2D eigenvalue weighted by molar-refractivity contribution is 0.0935. The Bertz CT molecular complexity index is 624. The zero-order valence-electron chi connectivity index (χ0n) is 11.8. The lowest BCUT2D eigenvalue weighted by Gasteiger charge is -2.20. The highest BCUT2D eigenvalue weighted by Gasteiger charge is 2.18. The first-order valence-corrected chi connectivity index (χ1v) is 7.90. The van der Waals surface area contributed by atoms with Crippen LogP contribution in [0.1, 0.15) is 34.6 Å². The molecule has 0 bridgehead atoms. The minimum absolute atomic E-state index is 0.0469. The summed E-state index contributed by atoms with van der Waals surface area (Å²) in [5.41, 5.74) is 0.592. The van der Waals surface area contributed by atoms with Gasteiger partial charge in [-0.2, -0.15) is 0 Å². The molecule has 2 heterocycles. The van der Waals surface area contributed by atoms with E-state index in [1.165, 1.54) is 4.88 Å². The summed E-state index contributed by atoms with van der Waals surface area (Å²) < 4.78 is 11.0. The predicted octanol–water partition coefficient (Wildman–Crippen LogP) is 3.40. The molecule has 1 aliphatic heterocycles. The van der Waals surface area contributed by atoms with E-state index in [2.05, 4.69) is 12.2 Å². The molecule has 1 aliphatic rings. The molecule has 0 aliphatic carbocycles. The van der Waals surface area contributed by atoms with E-state index in [0.717, 1.165) is 6.42 Å².